The summed E-state index contributed by atoms with van der Waals surface area (Å²) >= 11 is 0. The predicted molar refractivity (Wildman–Crippen MR) is 88.9 cm³/mol. The average molecular weight is 302 g/mol. The fraction of sp³-hybridized carbons (Fsp3) is 0.611. The number of carbonyl (C=O) groups is 1. The molecule has 2 unspecified atom stereocenters. The Kier molecular flexibility index (Phi) is 4.92. The van der Waals surface area contributed by atoms with Gasteiger partial charge in [0, 0.05) is 30.6 Å². The van der Waals surface area contributed by atoms with Crippen LogP contribution in [0.4, 0.5) is 4.79 Å². The van der Waals surface area contributed by atoms with E-state index in [1.807, 2.05) is 20.8 Å². The van der Waals surface area contributed by atoms with E-state index in [9.17, 15) is 4.79 Å². The van der Waals surface area contributed by atoms with Crippen molar-refractivity contribution in [2.75, 3.05) is 13.1 Å². The van der Waals surface area contributed by atoms with Crippen molar-refractivity contribution in [2.45, 2.75) is 46.1 Å². The van der Waals surface area contributed by atoms with Crippen LogP contribution < -0.4 is 0 Å². The molecule has 0 aliphatic carbocycles. The van der Waals surface area contributed by atoms with E-state index >= 15 is 0 Å². The van der Waals surface area contributed by atoms with E-state index in [4.69, 9.17) is 9.73 Å². The van der Waals surface area contributed by atoms with Crippen LogP contribution >= 0.6 is 0 Å². The second-order valence-electron chi connectivity index (χ2n) is 6.88. The van der Waals surface area contributed by atoms with Gasteiger partial charge in [0.05, 0.1) is 5.70 Å². The zero-order chi connectivity index (χ0) is 16.3. The first kappa shape index (κ1) is 16.6. The highest BCUT2D eigenvalue weighted by Crippen LogP contribution is 2.27. The number of hydrogen-bond acceptors (Lipinski definition) is 3. The lowest BCUT2D eigenvalue weighted by atomic mass is 9.94. The Morgan fingerprint density at radius 2 is 2.27 bits per heavy atom. The Hall–Kier alpha value is -1.80. The van der Waals surface area contributed by atoms with Gasteiger partial charge in [-0.3, -0.25) is 0 Å². The molecule has 120 valence electrons. The summed E-state index contributed by atoms with van der Waals surface area (Å²) in [4.78, 5) is 18.6. The number of carbonyl (C=O) groups excluding carboxylic acids is 1. The maximum absolute atomic E-state index is 12.1. The standard InChI is InChI=1S/C18H26N2O2/c1-6-13-8-9-16(19-15(13)7-2)14-10-11-20(12-14)17(21)22-18(3,4)5/h8-9,13-14H,2,6,10-12H2,1,3-5H3. The summed E-state index contributed by atoms with van der Waals surface area (Å²) < 4.78 is 5.44. The van der Waals surface area contributed by atoms with E-state index in [1.165, 1.54) is 0 Å². The molecule has 0 N–H and O–H groups in total. The molecule has 2 atom stereocenters. The Labute approximate surface area is 133 Å². The van der Waals surface area contributed by atoms with Gasteiger partial charge in [0.2, 0.25) is 0 Å². The predicted octanol–water partition coefficient (Wildman–Crippen LogP) is 3.95. The van der Waals surface area contributed by atoms with E-state index in [0.717, 1.165) is 30.8 Å². The van der Waals surface area contributed by atoms with Crippen LogP contribution in [0, 0.1) is 11.8 Å². The summed E-state index contributed by atoms with van der Waals surface area (Å²) in [6, 6.07) is 0. The zero-order valence-corrected chi connectivity index (χ0v) is 14.1. The number of dihydropyridines is 1. The summed E-state index contributed by atoms with van der Waals surface area (Å²) in [5.41, 5.74) is 4.43. The molecular formula is C18H26N2O2. The SMILES string of the molecule is C=C=C1N=C(C2CCN(C(=O)OC(C)(C)C)C2)C=CC1CC. The number of ether oxygens (including phenoxy) is 1. The van der Waals surface area contributed by atoms with Gasteiger partial charge in [-0.05, 0) is 39.7 Å². The lowest BCUT2D eigenvalue weighted by molar-refractivity contribution is 0.0292. The lowest BCUT2D eigenvalue weighted by Crippen LogP contribution is -2.35. The monoisotopic (exact) mass is 302 g/mol. The number of allylic oxidation sites excluding steroid dienone is 2. The second-order valence-corrected chi connectivity index (χ2v) is 6.88. The molecule has 0 saturated carbocycles. The zero-order valence-electron chi connectivity index (χ0n) is 14.1. The van der Waals surface area contributed by atoms with Gasteiger partial charge in [0.1, 0.15) is 5.60 Å². The van der Waals surface area contributed by atoms with Crippen molar-refractivity contribution in [3.05, 3.63) is 30.2 Å². The van der Waals surface area contributed by atoms with E-state index < -0.39 is 5.60 Å². The average Bonchev–Trinajstić information content (AvgIpc) is 2.94. The van der Waals surface area contributed by atoms with Crippen LogP contribution in [-0.4, -0.2) is 35.4 Å². The molecule has 4 nitrogen and oxygen atoms in total. The van der Waals surface area contributed by atoms with Crippen LogP contribution in [0.25, 0.3) is 0 Å². The number of nitrogens with zero attached hydrogens (tertiary/aromatic N) is 2. The van der Waals surface area contributed by atoms with E-state index in [0.29, 0.717) is 12.5 Å². The van der Waals surface area contributed by atoms with Crippen LogP contribution in [0.15, 0.2) is 35.2 Å². The number of aliphatic imine (C=N–C) groups is 1. The molecule has 2 heterocycles. The fourth-order valence-corrected chi connectivity index (χ4v) is 2.79. The molecule has 0 radical (unpaired) electrons. The molecule has 2 rings (SSSR count). The highest BCUT2D eigenvalue weighted by molar-refractivity contribution is 5.99. The van der Waals surface area contributed by atoms with Crippen LogP contribution in [-0.2, 0) is 4.74 Å². The third-order valence-electron chi connectivity index (χ3n) is 3.98. The Balaban J connectivity index is 2.02. The molecule has 1 saturated heterocycles. The van der Waals surface area contributed by atoms with E-state index in [2.05, 4.69) is 31.4 Å². The minimum Gasteiger partial charge on any atom is -0.444 e. The Morgan fingerprint density at radius 3 is 2.86 bits per heavy atom. The van der Waals surface area contributed by atoms with Crippen molar-refractivity contribution in [3.63, 3.8) is 0 Å². The quantitative estimate of drug-likeness (QED) is 0.725. The van der Waals surface area contributed by atoms with Crippen LogP contribution in [0.1, 0.15) is 40.5 Å². The van der Waals surface area contributed by atoms with E-state index in [1.54, 1.807) is 4.90 Å². The summed E-state index contributed by atoms with van der Waals surface area (Å²) in [7, 11) is 0. The smallest absolute Gasteiger partial charge is 0.410 e. The van der Waals surface area contributed by atoms with Gasteiger partial charge < -0.3 is 9.64 Å². The van der Waals surface area contributed by atoms with Crippen molar-refractivity contribution in [1.29, 1.82) is 0 Å². The number of likely N-dealkylation sites (tertiary alicyclic amines) is 1. The summed E-state index contributed by atoms with van der Waals surface area (Å²) in [5, 5.41) is 0. The minimum absolute atomic E-state index is 0.235. The Morgan fingerprint density at radius 1 is 1.55 bits per heavy atom. The van der Waals surface area contributed by atoms with Crippen molar-refractivity contribution in [1.82, 2.24) is 4.90 Å². The lowest BCUT2D eigenvalue weighted by Gasteiger charge is -2.24. The first-order chi connectivity index (χ1) is 10.3. The van der Waals surface area contributed by atoms with Crippen molar-refractivity contribution in [3.8, 4) is 0 Å². The molecule has 0 aromatic rings. The molecule has 1 fully saturated rings. The highest BCUT2D eigenvalue weighted by atomic mass is 16.6. The van der Waals surface area contributed by atoms with Crippen LogP contribution in [0.5, 0.6) is 0 Å². The molecule has 22 heavy (non-hydrogen) atoms. The van der Waals surface area contributed by atoms with Crippen molar-refractivity contribution < 1.29 is 9.53 Å². The van der Waals surface area contributed by atoms with Gasteiger partial charge in [0.25, 0.3) is 0 Å². The third-order valence-corrected chi connectivity index (χ3v) is 3.98. The Bertz CT molecular complexity index is 548. The molecule has 2 aliphatic heterocycles. The molecule has 0 spiro atoms. The fourth-order valence-electron chi connectivity index (χ4n) is 2.79. The van der Waals surface area contributed by atoms with Crippen LogP contribution in [0.2, 0.25) is 0 Å². The second kappa shape index (κ2) is 6.53. The van der Waals surface area contributed by atoms with Gasteiger partial charge >= 0.3 is 6.09 Å². The summed E-state index contributed by atoms with van der Waals surface area (Å²) in [6.45, 7) is 12.9. The summed E-state index contributed by atoms with van der Waals surface area (Å²) in [6.07, 6.45) is 5.95. The minimum atomic E-state index is -0.454. The third kappa shape index (κ3) is 3.89. The molecule has 1 amide bonds. The molecule has 0 aromatic carbocycles. The maximum Gasteiger partial charge on any atom is 0.410 e. The van der Waals surface area contributed by atoms with Gasteiger partial charge in [-0.25, -0.2) is 9.79 Å². The maximum atomic E-state index is 12.1. The largest absolute Gasteiger partial charge is 0.444 e. The molecule has 0 bridgehead atoms. The van der Waals surface area contributed by atoms with E-state index in [-0.39, 0.29) is 12.0 Å². The number of amides is 1. The summed E-state index contributed by atoms with van der Waals surface area (Å²) in [5.74, 6) is 0.578. The highest BCUT2D eigenvalue weighted by Gasteiger charge is 2.32. The normalized spacial score (nSPS) is 25.0. The molecule has 0 aromatic heterocycles. The number of rotatable bonds is 2. The van der Waals surface area contributed by atoms with Gasteiger partial charge in [-0.15, -0.1) is 5.73 Å². The first-order valence-corrected chi connectivity index (χ1v) is 7.98. The first-order valence-electron chi connectivity index (χ1n) is 7.98. The topological polar surface area (TPSA) is 41.9 Å². The van der Waals surface area contributed by atoms with Crippen molar-refractivity contribution >= 4 is 11.8 Å². The molecule has 4 heteroatoms. The van der Waals surface area contributed by atoms with Crippen LogP contribution in [0.3, 0.4) is 0 Å². The van der Waals surface area contributed by atoms with Gasteiger partial charge in [-0.2, -0.15) is 0 Å². The van der Waals surface area contributed by atoms with Crippen molar-refractivity contribution in [2.24, 2.45) is 16.8 Å². The molecule has 2 aliphatic rings. The number of hydrogen-bond donors (Lipinski definition) is 0. The molecular weight excluding hydrogens is 276 g/mol. The van der Waals surface area contributed by atoms with Gasteiger partial charge in [-0.1, -0.05) is 19.6 Å². The van der Waals surface area contributed by atoms with Gasteiger partial charge in [0.15, 0.2) is 0 Å².